The maximum atomic E-state index is 5.82. The third-order valence-corrected chi connectivity index (χ3v) is 4.37. The minimum atomic E-state index is 0.595. The second-order valence-electron chi connectivity index (χ2n) is 7.08. The van der Waals surface area contributed by atoms with E-state index in [1.165, 1.54) is 0 Å². The SMILES string of the molecule is CCNC(=NCc1cccc(OCCN(C)C)c1)N(C)CC1CCOC1. The quantitative estimate of drug-likeness (QED) is 0.538. The highest BCUT2D eigenvalue weighted by Crippen LogP contribution is 2.15. The van der Waals surface area contributed by atoms with E-state index < -0.39 is 0 Å². The highest BCUT2D eigenvalue weighted by molar-refractivity contribution is 5.79. The summed E-state index contributed by atoms with van der Waals surface area (Å²) in [6.07, 6.45) is 1.13. The zero-order valence-electron chi connectivity index (χ0n) is 16.7. The van der Waals surface area contributed by atoms with Gasteiger partial charge in [0.2, 0.25) is 0 Å². The smallest absolute Gasteiger partial charge is 0.193 e. The van der Waals surface area contributed by atoms with Crippen molar-refractivity contribution in [3.8, 4) is 5.75 Å². The van der Waals surface area contributed by atoms with Crippen LogP contribution in [0.5, 0.6) is 5.75 Å². The summed E-state index contributed by atoms with van der Waals surface area (Å²) in [4.78, 5) is 9.12. The number of hydrogen-bond acceptors (Lipinski definition) is 4. The molecule has 1 N–H and O–H groups in total. The largest absolute Gasteiger partial charge is 0.492 e. The Balaban J connectivity index is 1.92. The Morgan fingerprint density at radius 3 is 2.88 bits per heavy atom. The second kappa shape index (κ2) is 11.0. The van der Waals surface area contributed by atoms with E-state index >= 15 is 0 Å². The lowest BCUT2D eigenvalue weighted by Gasteiger charge is -2.24. The van der Waals surface area contributed by atoms with Gasteiger partial charge in [-0.25, -0.2) is 4.99 Å². The molecule has 0 spiro atoms. The number of likely N-dealkylation sites (N-methyl/N-ethyl adjacent to an activating group) is 1. The minimum absolute atomic E-state index is 0.595. The zero-order valence-corrected chi connectivity index (χ0v) is 16.7. The van der Waals surface area contributed by atoms with Gasteiger partial charge in [-0.05, 0) is 45.1 Å². The summed E-state index contributed by atoms with van der Waals surface area (Å²) in [5.41, 5.74) is 1.15. The lowest BCUT2D eigenvalue weighted by Crippen LogP contribution is -2.41. The fourth-order valence-electron chi connectivity index (χ4n) is 2.92. The van der Waals surface area contributed by atoms with Gasteiger partial charge in [-0.1, -0.05) is 12.1 Å². The van der Waals surface area contributed by atoms with E-state index in [9.17, 15) is 0 Å². The van der Waals surface area contributed by atoms with E-state index in [1.807, 2.05) is 26.2 Å². The van der Waals surface area contributed by atoms with Crippen molar-refractivity contribution in [1.82, 2.24) is 15.1 Å². The van der Waals surface area contributed by atoms with Gasteiger partial charge in [-0.2, -0.15) is 0 Å². The maximum Gasteiger partial charge on any atom is 0.193 e. The minimum Gasteiger partial charge on any atom is -0.492 e. The van der Waals surface area contributed by atoms with Crippen LogP contribution in [-0.2, 0) is 11.3 Å². The lowest BCUT2D eigenvalue weighted by molar-refractivity contribution is 0.181. The first-order valence-corrected chi connectivity index (χ1v) is 9.52. The van der Waals surface area contributed by atoms with Gasteiger partial charge in [0.15, 0.2) is 5.96 Å². The molecule has 0 bridgehead atoms. The van der Waals surface area contributed by atoms with Crippen molar-refractivity contribution in [1.29, 1.82) is 0 Å². The van der Waals surface area contributed by atoms with Crippen molar-refractivity contribution < 1.29 is 9.47 Å². The van der Waals surface area contributed by atoms with Crippen molar-refractivity contribution in [2.45, 2.75) is 19.9 Å². The molecule has 0 amide bonds. The topological polar surface area (TPSA) is 49.3 Å². The second-order valence-corrected chi connectivity index (χ2v) is 7.08. The number of ether oxygens (including phenoxy) is 2. The Bertz CT molecular complexity index is 556. The molecule has 2 rings (SSSR count). The number of benzene rings is 1. The van der Waals surface area contributed by atoms with Crippen molar-refractivity contribution in [3.05, 3.63) is 29.8 Å². The Kier molecular flexibility index (Phi) is 8.71. The van der Waals surface area contributed by atoms with Gasteiger partial charge in [-0.15, -0.1) is 0 Å². The Hall–Kier alpha value is -1.79. The summed E-state index contributed by atoms with van der Waals surface area (Å²) in [7, 11) is 6.19. The fraction of sp³-hybridized carbons (Fsp3) is 0.650. The Labute approximate surface area is 158 Å². The third-order valence-electron chi connectivity index (χ3n) is 4.37. The molecular weight excluding hydrogens is 328 g/mol. The summed E-state index contributed by atoms with van der Waals surface area (Å²) < 4.78 is 11.3. The van der Waals surface area contributed by atoms with Gasteiger partial charge in [-0.3, -0.25) is 0 Å². The molecule has 1 heterocycles. The van der Waals surface area contributed by atoms with Crippen LogP contribution in [0.3, 0.4) is 0 Å². The summed E-state index contributed by atoms with van der Waals surface area (Å²) in [6, 6.07) is 8.20. The molecule has 1 aromatic rings. The average molecular weight is 363 g/mol. The predicted molar refractivity (Wildman–Crippen MR) is 107 cm³/mol. The Morgan fingerprint density at radius 2 is 2.19 bits per heavy atom. The van der Waals surface area contributed by atoms with Gasteiger partial charge >= 0.3 is 0 Å². The molecule has 1 atom stereocenters. The number of nitrogens with one attached hydrogen (secondary N) is 1. The molecule has 1 aliphatic rings. The number of aliphatic imine (C=N–C) groups is 1. The van der Waals surface area contributed by atoms with Crippen LogP contribution in [-0.4, -0.2) is 76.4 Å². The normalized spacial score (nSPS) is 17.6. The molecule has 6 nitrogen and oxygen atoms in total. The predicted octanol–water partition coefficient (Wildman–Crippen LogP) is 2.06. The standard InChI is InChI=1S/C20H34N4O2/c1-5-21-20(24(4)15-18-9-11-25-16-18)22-14-17-7-6-8-19(13-17)26-12-10-23(2)3/h6-8,13,18H,5,9-12,14-16H2,1-4H3,(H,21,22). The fourth-order valence-corrected chi connectivity index (χ4v) is 2.92. The van der Waals surface area contributed by atoms with Crippen molar-refractivity contribution in [2.24, 2.45) is 10.9 Å². The number of guanidine groups is 1. The first kappa shape index (κ1) is 20.5. The van der Waals surface area contributed by atoms with Crippen LogP contribution >= 0.6 is 0 Å². The van der Waals surface area contributed by atoms with Gasteiger partial charge in [0.05, 0.1) is 13.2 Å². The molecule has 0 aromatic heterocycles. The van der Waals surface area contributed by atoms with Crippen LogP contribution in [0.4, 0.5) is 0 Å². The first-order valence-electron chi connectivity index (χ1n) is 9.52. The summed E-state index contributed by atoms with van der Waals surface area (Å²) in [5.74, 6) is 2.44. The van der Waals surface area contributed by atoms with Crippen LogP contribution in [0.1, 0.15) is 18.9 Å². The van der Waals surface area contributed by atoms with Crippen molar-refractivity contribution in [3.63, 3.8) is 0 Å². The molecule has 1 unspecified atom stereocenters. The molecule has 26 heavy (non-hydrogen) atoms. The molecule has 146 valence electrons. The summed E-state index contributed by atoms with van der Waals surface area (Å²) in [6.45, 7) is 7.90. The first-order chi connectivity index (χ1) is 12.6. The highest BCUT2D eigenvalue weighted by Gasteiger charge is 2.19. The summed E-state index contributed by atoms with van der Waals surface area (Å²) in [5, 5.41) is 3.39. The van der Waals surface area contributed by atoms with E-state index in [0.717, 1.165) is 56.5 Å². The van der Waals surface area contributed by atoms with Gasteiger partial charge in [0, 0.05) is 39.2 Å². The van der Waals surface area contributed by atoms with Crippen LogP contribution < -0.4 is 10.1 Å². The maximum absolute atomic E-state index is 5.82. The van der Waals surface area contributed by atoms with Gasteiger partial charge in [0.25, 0.3) is 0 Å². The molecule has 6 heteroatoms. The van der Waals surface area contributed by atoms with Crippen LogP contribution in [0.15, 0.2) is 29.3 Å². The lowest BCUT2D eigenvalue weighted by atomic mass is 10.1. The number of nitrogens with zero attached hydrogens (tertiary/aromatic N) is 3. The van der Waals surface area contributed by atoms with Crippen molar-refractivity contribution in [2.75, 3.05) is 60.6 Å². The van der Waals surface area contributed by atoms with E-state index in [-0.39, 0.29) is 0 Å². The zero-order chi connectivity index (χ0) is 18.8. The van der Waals surface area contributed by atoms with Crippen molar-refractivity contribution >= 4 is 5.96 Å². The highest BCUT2D eigenvalue weighted by atomic mass is 16.5. The molecule has 1 saturated heterocycles. The van der Waals surface area contributed by atoms with E-state index in [1.54, 1.807) is 0 Å². The molecule has 1 fully saturated rings. The van der Waals surface area contributed by atoms with E-state index in [2.05, 4.69) is 41.2 Å². The number of hydrogen-bond donors (Lipinski definition) is 1. The van der Waals surface area contributed by atoms with Gasteiger partial charge < -0.3 is 24.6 Å². The Morgan fingerprint density at radius 1 is 1.35 bits per heavy atom. The summed E-state index contributed by atoms with van der Waals surface area (Å²) >= 11 is 0. The monoisotopic (exact) mass is 362 g/mol. The number of rotatable bonds is 9. The molecule has 0 radical (unpaired) electrons. The van der Waals surface area contributed by atoms with E-state index in [0.29, 0.717) is 19.1 Å². The van der Waals surface area contributed by atoms with Crippen LogP contribution in [0.2, 0.25) is 0 Å². The molecule has 0 saturated carbocycles. The average Bonchev–Trinajstić information content (AvgIpc) is 3.11. The molecule has 1 aromatic carbocycles. The third kappa shape index (κ3) is 7.22. The molecular formula is C20H34N4O2. The molecule has 1 aliphatic heterocycles. The van der Waals surface area contributed by atoms with Crippen LogP contribution in [0, 0.1) is 5.92 Å². The van der Waals surface area contributed by atoms with Crippen LogP contribution in [0.25, 0.3) is 0 Å². The van der Waals surface area contributed by atoms with E-state index in [4.69, 9.17) is 14.5 Å². The molecule has 0 aliphatic carbocycles. The van der Waals surface area contributed by atoms with Gasteiger partial charge in [0.1, 0.15) is 12.4 Å².